The Bertz CT molecular complexity index is 1640. The van der Waals surface area contributed by atoms with Gasteiger partial charge in [0.15, 0.2) is 11.5 Å². The number of aromatic nitrogens is 1. The van der Waals surface area contributed by atoms with Crippen molar-refractivity contribution in [2.24, 2.45) is 0 Å². The number of aromatic amines is 1. The van der Waals surface area contributed by atoms with Crippen molar-refractivity contribution in [3.63, 3.8) is 0 Å². The Morgan fingerprint density at radius 3 is 2.03 bits per heavy atom. The minimum absolute atomic E-state index is 0. The van der Waals surface area contributed by atoms with Crippen LogP contribution in [0.4, 0.5) is 0 Å². The average molecular weight is 603 g/mol. The maximum absolute atomic E-state index is 11.5. The Balaban J connectivity index is 0.00000204. The first-order chi connectivity index (χ1) is 14.7. The molecule has 2 heterocycles. The summed E-state index contributed by atoms with van der Waals surface area (Å²) in [5.41, 5.74) is 0.455. The van der Waals surface area contributed by atoms with Crippen molar-refractivity contribution in [3.05, 3.63) is 44.9 Å². The molecule has 0 fully saturated rings. The van der Waals surface area contributed by atoms with Crippen LogP contribution in [0.25, 0.3) is 31.6 Å². The van der Waals surface area contributed by atoms with Gasteiger partial charge in [-0.3, -0.25) is 0 Å². The van der Waals surface area contributed by atoms with E-state index in [0.29, 0.717) is 15.3 Å². The van der Waals surface area contributed by atoms with Crippen molar-refractivity contribution in [3.8, 4) is 22.1 Å². The molecule has 4 rings (SSSR count). The van der Waals surface area contributed by atoms with Gasteiger partial charge in [0, 0.05) is 25.5 Å². The average Bonchev–Trinajstić information content (AvgIpc) is 3.11. The zero-order valence-corrected chi connectivity index (χ0v) is 26.2. The van der Waals surface area contributed by atoms with Gasteiger partial charge in [-0.2, -0.15) is 0 Å². The summed E-state index contributed by atoms with van der Waals surface area (Å²) in [6.45, 7) is 1.61. The van der Waals surface area contributed by atoms with Gasteiger partial charge in [0.1, 0.15) is 5.69 Å². The summed E-state index contributed by atoms with van der Waals surface area (Å²) in [6.07, 6.45) is 0. The molecule has 0 saturated carbocycles. The van der Waals surface area contributed by atoms with Crippen LogP contribution < -0.4 is 67.5 Å². The molecule has 2 aromatic heterocycles. The number of nitrogens with one attached hydrogen (secondary N) is 1. The molecule has 0 spiro atoms. The Morgan fingerprint density at radius 1 is 0.882 bits per heavy atom. The van der Waals surface area contributed by atoms with Gasteiger partial charge in [-0.05, 0) is 36.8 Å². The van der Waals surface area contributed by atoms with Crippen LogP contribution in [0.3, 0.4) is 0 Å². The van der Waals surface area contributed by atoms with Crippen molar-refractivity contribution in [2.75, 3.05) is 0 Å². The predicted octanol–water partition coefficient (Wildman–Crippen LogP) is -0.996. The first-order valence-electron chi connectivity index (χ1n) is 8.28. The summed E-state index contributed by atoms with van der Waals surface area (Å²) in [4.78, 5) is 2.75. The fourth-order valence-electron chi connectivity index (χ4n) is 3.24. The van der Waals surface area contributed by atoms with Crippen molar-refractivity contribution < 1.29 is 93.4 Å². The molecule has 0 aliphatic heterocycles. The topological polar surface area (TPSA) is 149 Å². The van der Waals surface area contributed by atoms with Gasteiger partial charge in [-0.15, -0.1) is 11.3 Å². The second-order valence-corrected chi connectivity index (χ2v) is 10.8. The molecule has 2 aromatic carbocycles. The summed E-state index contributed by atoms with van der Waals surface area (Å²) in [6, 6.07) is 5.67. The zero-order valence-electron chi connectivity index (χ0n) is 17.4. The Kier molecular flexibility index (Phi) is 9.78. The number of H-pyrrole nitrogens is 1. The molecule has 1 N–H and O–H groups in total. The van der Waals surface area contributed by atoms with Crippen molar-refractivity contribution >= 4 is 87.9 Å². The molecule has 0 aliphatic carbocycles. The van der Waals surface area contributed by atoms with Gasteiger partial charge < -0.3 is 22.5 Å². The van der Waals surface area contributed by atoms with E-state index >= 15 is 0 Å². The van der Waals surface area contributed by atoms with Gasteiger partial charge in [-0.1, -0.05) is 34.8 Å². The summed E-state index contributed by atoms with van der Waals surface area (Å²) in [5, 5.41) is 0.766. The monoisotopic (exact) mass is 601 g/mol. The second-order valence-electron chi connectivity index (χ2n) is 6.48. The number of fused-ring (bicyclic) bond motifs is 2. The number of thiophene rings is 1. The molecule has 4 aromatic rings. The summed E-state index contributed by atoms with van der Waals surface area (Å²) in [7, 11) is -10.5. The van der Waals surface area contributed by atoms with Gasteiger partial charge >= 0.3 is 59.1 Å². The van der Waals surface area contributed by atoms with Crippen molar-refractivity contribution in [1.82, 2.24) is 4.98 Å². The maximum atomic E-state index is 11.5. The van der Waals surface area contributed by atoms with E-state index in [-0.39, 0.29) is 96.0 Å². The third-order valence-electron chi connectivity index (χ3n) is 4.28. The first kappa shape index (κ1) is 30.5. The fraction of sp³-hybridized carbons (Fsp3) is 0.0588. The van der Waals surface area contributed by atoms with E-state index in [4.69, 9.17) is 39.0 Å². The first-order valence-corrected chi connectivity index (χ1v) is 12.9. The molecule has 170 valence electrons. The van der Waals surface area contributed by atoms with E-state index in [1.165, 1.54) is 24.3 Å². The molecule has 34 heavy (non-hydrogen) atoms. The van der Waals surface area contributed by atoms with Crippen LogP contribution in [0.2, 0.25) is 15.1 Å². The number of halogens is 3. The van der Waals surface area contributed by atoms with E-state index in [1.54, 1.807) is 6.92 Å². The van der Waals surface area contributed by atoms with E-state index < -0.39 is 32.3 Å². The Labute approximate surface area is 257 Å². The van der Waals surface area contributed by atoms with Crippen LogP contribution in [0.1, 0.15) is 5.56 Å². The van der Waals surface area contributed by atoms with Gasteiger partial charge in [-0.25, -0.2) is 16.8 Å². The summed E-state index contributed by atoms with van der Waals surface area (Å²) >= 11 is 19.2. The molecular formula is C17H8Cl3NNa2O8S3. The van der Waals surface area contributed by atoms with Crippen LogP contribution in [-0.2, 0) is 20.8 Å². The van der Waals surface area contributed by atoms with Gasteiger partial charge in [0.2, 0.25) is 0 Å². The van der Waals surface area contributed by atoms with Crippen LogP contribution >= 0.6 is 46.1 Å². The normalized spacial score (nSPS) is 11.8. The summed E-state index contributed by atoms with van der Waals surface area (Å²) < 4.78 is 78.5. The number of hydrogen-bond donors (Lipinski definition) is 1. The molecule has 0 amide bonds. The Morgan fingerprint density at radius 2 is 1.44 bits per heavy atom. The van der Waals surface area contributed by atoms with E-state index in [1.807, 2.05) is 0 Å². The molecule has 0 unspecified atom stereocenters. The van der Waals surface area contributed by atoms with Crippen LogP contribution in [-0.4, -0.2) is 30.9 Å². The molecule has 17 heteroatoms. The standard InChI is InChI=1S/C17H10Cl3NO8S3.2Na/c1-6-2-7(18)5-11-12(6)16(29-32(25,26)27)17(30-11)14-15(28-31(22,23)24)9-3-8(19)4-10(20)13(9)21-14;;/h2-5,21H,1H3,(H,22,23,24)(H,25,26,27);;/q;2*+1/p-2. The molecule has 0 saturated heterocycles. The van der Waals surface area contributed by atoms with Crippen LogP contribution in [0.15, 0.2) is 24.3 Å². The summed E-state index contributed by atoms with van der Waals surface area (Å²) in [5.74, 6) is -0.890. The molecule has 9 nitrogen and oxygen atoms in total. The third-order valence-corrected chi connectivity index (χ3v) is 6.90. The SMILES string of the molecule is Cc1cc(Cl)cc2sc(-c3[nH]c4c(Cl)cc(Cl)cc4c3OS(=O)(=O)[O-])c(OS(=O)(=O)[O-])c12.[Na+].[Na+]. The van der Waals surface area contributed by atoms with E-state index in [9.17, 15) is 25.9 Å². The van der Waals surface area contributed by atoms with Crippen LogP contribution in [0, 0.1) is 6.92 Å². The van der Waals surface area contributed by atoms with E-state index in [0.717, 1.165) is 11.3 Å². The van der Waals surface area contributed by atoms with Crippen molar-refractivity contribution in [2.45, 2.75) is 6.92 Å². The van der Waals surface area contributed by atoms with Gasteiger partial charge in [0.05, 0.1) is 15.4 Å². The zero-order chi connectivity index (χ0) is 23.6. The minimum Gasteiger partial charge on any atom is -0.716 e. The van der Waals surface area contributed by atoms with Crippen molar-refractivity contribution in [1.29, 1.82) is 0 Å². The number of hydrogen-bond acceptors (Lipinski definition) is 9. The number of rotatable bonds is 5. The predicted molar refractivity (Wildman–Crippen MR) is 120 cm³/mol. The number of aryl methyl sites for hydroxylation is 1. The molecule has 0 radical (unpaired) electrons. The molecular weight excluding hydrogens is 595 g/mol. The Hall–Kier alpha value is 0.230. The molecule has 0 aliphatic rings. The van der Waals surface area contributed by atoms with Gasteiger partial charge in [0.25, 0.3) is 20.8 Å². The number of benzene rings is 2. The minimum atomic E-state index is -5.28. The van der Waals surface area contributed by atoms with E-state index in [2.05, 4.69) is 9.17 Å². The largest absolute Gasteiger partial charge is 1.00 e. The third kappa shape index (κ3) is 6.37. The van der Waals surface area contributed by atoms with Crippen LogP contribution in [0.5, 0.6) is 11.5 Å². The maximum Gasteiger partial charge on any atom is 1.00 e. The molecule has 0 bridgehead atoms. The fourth-order valence-corrected chi connectivity index (χ4v) is 6.17. The molecule has 0 atom stereocenters. The smallest absolute Gasteiger partial charge is 0.716 e. The quantitative estimate of drug-likeness (QED) is 0.174. The second kappa shape index (κ2) is 10.9.